The zero-order chi connectivity index (χ0) is 9.42. The largest absolute Gasteiger partial charge is 0.242 e. The van der Waals surface area contributed by atoms with Gasteiger partial charge in [-0.05, 0) is 30.5 Å². The molecular formula is C11H13NS. The van der Waals surface area contributed by atoms with Crippen LogP contribution in [-0.4, -0.2) is 4.98 Å². The molecule has 13 heavy (non-hydrogen) atoms. The summed E-state index contributed by atoms with van der Waals surface area (Å²) in [5.41, 5.74) is 2.53. The third kappa shape index (κ3) is 1.59. The van der Waals surface area contributed by atoms with E-state index in [4.69, 9.17) is 0 Å². The standard InChI is InChI=1S/C11H13NS/c1-7(2)9-4-5-10-11(6-9)13-8(3)12-10/h4-7H,1-3H3. The van der Waals surface area contributed by atoms with Crippen LogP contribution >= 0.6 is 11.3 Å². The van der Waals surface area contributed by atoms with Crippen molar-refractivity contribution < 1.29 is 0 Å². The van der Waals surface area contributed by atoms with Gasteiger partial charge in [-0.15, -0.1) is 11.3 Å². The molecule has 1 heterocycles. The maximum Gasteiger partial charge on any atom is 0.0907 e. The highest BCUT2D eigenvalue weighted by atomic mass is 32.1. The number of thiazole rings is 1. The predicted octanol–water partition coefficient (Wildman–Crippen LogP) is 3.73. The molecule has 0 spiro atoms. The van der Waals surface area contributed by atoms with Gasteiger partial charge in [-0.1, -0.05) is 19.9 Å². The van der Waals surface area contributed by atoms with E-state index in [1.807, 2.05) is 0 Å². The van der Waals surface area contributed by atoms with Crippen LogP contribution in [-0.2, 0) is 0 Å². The van der Waals surface area contributed by atoms with Gasteiger partial charge < -0.3 is 0 Å². The fourth-order valence-electron chi connectivity index (χ4n) is 1.42. The molecule has 0 unspecified atom stereocenters. The molecule has 0 N–H and O–H groups in total. The topological polar surface area (TPSA) is 12.9 Å². The minimum Gasteiger partial charge on any atom is -0.242 e. The van der Waals surface area contributed by atoms with Gasteiger partial charge >= 0.3 is 0 Å². The second-order valence-corrected chi connectivity index (χ2v) is 4.85. The van der Waals surface area contributed by atoms with Crippen LogP contribution in [0.1, 0.15) is 30.3 Å². The highest BCUT2D eigenvalue weighted by Gasteiger charge is 2.03. The summed E-state index contributed by atoms with van der Waals surface area (Å²) in [7, 11) is 0. The molecule has 2 aromatic rings. The van der Waals surface area contributed by atoms with Crippen LogP contribution in [0.3, 0.4) is 0 Å². The Balaban J connectivity index is 2.61. The van der Waals surface area contributed by atoms with Gasteiger partial charge in [0.15, 0.2) is 0 Å². The number of hydrogen-bond donors (Lipinski definition) is 0. The van der Waals surface area contributed by atoms with Crippen molar-refractivity contribution in [3.05, 3.63) is 28.8 Å². The van der Waals surface area contributed by atoms with Crippen LogP contribution in [0.25, 0.3) is 10.2 Å². The smallest absolute Gasteiger partial charge is 0.0907 e. The molecule has 0 bridgehead atoms. The van der Waals surface area contributed by atoms with Gasteiger partial charge in [0.05, 0.1) is 15.2 Å². The maximum atomic E-state index is 4.43. The molecule has 0 fully saturated rings. The summed E-state index contributed by atoms with van der Waals surface area (Å²) < 4.78 is 1.31. The number of benzene rings is 1. The van der Waals surface area contributed by atoms with Crippen molar-refractivity contribution >= 4 is 21.6 Å². The lowest BCUT2D eigenvalue weighted by molar-refractivity contribution is 0.869. The summed E-state index contributed by atoms with van der Waals surface area (Å²) >= 11 is 1.77. The lowest BCUT2D eigenvalue weighted by Gasteiger charge is -2.03. The second kappa shape index (κ2) is 3.11. The average Bonchev–Trinajstić information content (AvgIpc) is 2.42. The molecule has 0 radical (unpaired) electrons. The van der Waals surface area contributed by atoms with Crippen molar-refractivity contribution in [3.63, 3.8) is 0 Å². The number of nitrogens with zero attached hydrogens (tertiary/aromatic N) is 1. The number of fused-ring (bicyclic) bond motifs is 1. The van der Waals surface area contributed by atoms with Crippen molar-refractivity contribution in [3.8, 4) is 0 Å². The van der Waals surface area contributed by atoms with Gasteiger partial charge in [0.1, 0.15) is 0 Å². The van der Waals surface area contributed by atoms with Crippen molar-refractivity contribution in [1.29, 1.82) is 0 Å². The number of aryl methyl sites for hydroxylation is 1. The minimum atomic E-state index is 0.604. The molecule has 1 aromatic heterocycles. The number of hydrogen-bond acceptors (Lipinski definition) is 2. The highest BCUT2D eigenvalue weighted by molar-refractivity contribution is 7.18. The van der Waals surface area contributed by atoms with Crippen LogP contribution in [0.15, 0.2) is 18.2 Å². The molecule has 1 aromatic carbocycles. The first kappa shape index (κ1) is 8.70. The Labute approximate surface area is 82.4 Å². The van der Waals surface area contributed by atoms with Crippen LogP contribution in [0.4, 0.5) is 0 Å². The lowest BCUT2D eigenvalue weighted by atomic mass is 10.0. The quantitative estimate of drug-likeness (QED) is 0.669. The van der Waals surface area contributed by atoms with Crippen LogP contribution < -0.4 is 0 Å². The molecule has 0 aliphatic carbocycles. The van der Waals surface area contributed by atoms with E-state index >= 15 is 0 Å². The molecule has 2 rings (SSSR count). The van der Waals surface area contributed by atoms with Crippen molar-refractivity contribution in [2.45, 2.75) is 26.7 Å². The predicted molar refractivity (Wildman–Crippen MR) is 58.4 cm³/mol. The van der Waals surface area contributed by atoms with Gasteiger partial charge in [0.2, 0.25) is 0 Å². The molecule has 0 atom stereocenters. The summed E-state index contributed by atoms with van der Waals surface area (Å²) in [6.45, 7) is 6.49. The molecule has 1 nitrogen and oxygen atoms in total. The first-order valence-electron chi connectivity index (χ1n) is 4.54. The van der Waals surface area contributed by atoms with Gasteiger partial charge in [-0.25, -0.2) is 4.98 Å². The van der Waals surface area contributed by atoms with E-state index in [0.717, 1.165) is 10.5 Å². The zero-order valence-electron chi connectivity index (χ0n) is 8.16. The van der Waals surface area contributed by atoms with Crippen molar-refractivity contribution in [2.75, 3.05) is 0 Å². The van der Waals surface area contributed by atoms with Crippen LogP contribution in [0.2, 0.25) is 0 Å². The third-order valence-corrected chi connectivity index (χ3v) is 3.12. The Hall–Kier alpha value is -0.890. The highest BCUT2D eigenvalue weighted by Crippen LogP contribution is 2.25. The Kier molecular flexibility index (Phi) is 2.08. The molecule has 0 aliphatic rings. The van der Waals surface area contributed by atoms with E-state index in [0.29, 0.717) is 5.92 Å². The summed E-state index contributed by atoms with van der Waals surface area (Å²) in [6.07, 6.45) is 0. The lowest BCUT2D eigenvalue weighted by Crippen LogP contribution is -1.84. The first-order chi connectivity index (χ1) is 6.16. The van der Waals surface area contributed by atoms with E-state index in [-0.39, 0.29) is 0 Å². The van der Waals surface area contributed by atoms with Crippen LogP contribution in [0, 0.1) is 6.92 Å². The molecule has 0 saturated heterocycles. The molecule has 2 heteroatoms. The van der Waals surface area contributed by atoms with E-state index < -0.39 is 0 Å². The molecule has 68 valence electrons. The monoisotopic (exact) mass is 191 g/mol. The van der Waals surface area contributed by atoms with Gasteiger partial charge in [-0.2, -0.15) is 0 Å². The van der Waals surface area contributed by atoms with Gasteiger partial charge in [0, 0.05) is 0 Å². The summed E-state index contributed by atoms with van der Waals surface area (Å²) in [4.78, 5) is 4.43. The average molecular weight is 191 g/mol. The first-order valence-corrected chi connectivity index (χ1v) is 5.35. The molecule has 0 amide bonds. The van der Waals surface area contributed by atoms with E-state index in [2.05, 4.69) is 44.0 Å². The zero-order valence-corrected chi connectivity index (χ0v) is 8.98. The Morgan fingerprint density at radius 2 is 2.08 bits per heavy atom. The number of aromatic nitrogens is 1. The van der Waals surface area contributed by atoms with E-state index in [1.165, 1.54) is 10.3 Å². The Morgan fingerprint density at radius 3 is 2.77 bits per heavy atom. The maximum absolute atomic E-state index is 4.43. The van der Waals surface area contributed by atoms with Gasteiger partial charge in [0.25, 0.3) is 0 Å². The van der Waals surface area contributed by atoms with Crippen molar-refractivity contribution in [2.24, 2.45) is 0 Å². The number of rotatable bonds is 1. The van der Waals surface area contributed by atoms with Gasteiger partial charge in [-0.3, -0.25) is 0 Å². The SMILES string of the molecule is Cc1nc2ccc(C(C)C)cc2s1. The summed E-state index contributed by atoms with van der Waals surface area (Å²) in [5, 5.41) is 1.15. The Morgan fingerprint density at radius 1 is 1.31 bits per heavy atom. The summed E-state index contributed by atoms with van der Waals surface area (Å²) in [6, 6.07) is 6.55. The summed E-state index contributed by atoms with van der Waals surface area (Å²) in [5.74, 6) is 0.604. The molecule has 0 saturated carbocycles. The normalized spacial score (nSPS) is 11.4. The second-order valence-electron chi connectivity index (χ2n) is 3.61. The minimum absolute atomic E-state index is 0.604. The molecular weight excluding hydrogens is 178 g/mol. The fourth-order valence-corrected chi connectivity index (χ4v) is 2.29. The van der Waals surface area contributed by atoms with Crippen molar-refractivity contribution in [1.82, 2.24) is 4.98 Å². The van der Waals surface area contributed by atoms with Crippen LogP contribution in [0.5, 0.6) is 0 Å². The van der Waals surface area contributed by atoms with E-state index in [1.54, 1.807) is 11.3 Å². The molecule has 0 aliphatic heterocycles. The van der Waals surface area contributed by atoms with E-state index in [9.17, 15) is 0 Å². The fraction of sp³-hybridized carbons (Fsp3) is 0.364. The Bertz CT molecular complexity index is 429. The third-order valence-electron chi connectivity index (χ3n) is 2.19.